The first-order valence-corrected chi connectivity index (χ1v) is 10.8. The lowest BCUT2D eigenvalue weighted by Crippen LogP contribution is -2.25. The van der Waals surface area contributed by atoms with Crippen molar-refractivity contribution in [2.75, 3.05) is 5.32 Å². The monoisotopic (exact) mass is 491 g/mol. The van der Waals surface area contributed by atoms with Gasteiger partial charge in [0.1, 0.15) is 21.4 Å². The van der Waals surface area contributed by atoms with Crippen LogP contribution in [0.5, 0.6) is 0 Å². The second-order valence-electron chi connectivity index (χ2n) is 7.83. The van der Waals surface area contributed by atoms with Crippen LogP contribution in [0.3, 0.4) is 0 Å². The van der Waals surface area contributed by atoms with Crippen LogP contribution in [0.15, 0.2) is 24.7 Å². The second-order valence-corrected chi connectivity index (χ2v) is 8.83. The van der Waals surface area contributed by atoms with Crippen LogP contribution >= 0.6 is 11.3 Å². The normalized spacial score (nSPS) is 12.8. The van der Waals surface area contributed by atoms with Crippen LogP contribution in [0, 0.1) is 13.8 Å². The zero-order valence-corrected chi connectivity index (χ0v) is 19.4. The quantitative estimate of drug-likeness (QED) is 0.440. The van der Waals surface area contributed by atoms with E-state index in [2.05, 4.69) is 20.5 Å². The molecule has 1 atom stereocenters. The van der Waals surface area contributed by atoms with Gasteiger partial charge in [0, 0.05) is 29.9 Å². The van der Waals surface area contributed by atoms with Crippen LogP contribution in [0.4, 0.5) is 18.9 Å². The molecule has 0 aliphatic carbocycles. The molecule has 13 heteroatoms. The highest BCUT2D eigenvalue weighted by atomic mass is 32.1. The number of rotatable bonds is 5. The Kier molecular flexibility index (Phi) is 5.67. The van der Waals surface area contributed by atoms with Gasteiger partial charge >= 0.3 is 6.18 Å². The first-order valence-electron chi connectivity index (χ1n) is 10.0. The van der Waals surface area contributed by atoms with Crippen LogP contribution < -0.4 is 11.1 Å². The fourth-order valence-electron chi connectivity index (χ4n) is 3.50. The maximum absolute atomic E-state index is 13.6. The van der Waals surface area contributed by atoms with Gasteiger partial charge < -0.3 is 11.1 Å². The SMILES string of the molecule is Cc1cnn(C(C)C(=O)Nc2c(C(N)=O)sc3nc(C(F)(F)F)cc(-c4cnn(C)c4C)c23)c1. The number of anilines is 1. The molecule has 0 bridgehead atoms. The lowest BCUT2D eigenvalue weighted by molar-refractivity contribution is -0.140. The molecule has 0 saturated carbocycles. The third-order valence-corrected chi connectivity index (χ3v) is 6.55. The van der Waals surface area contributed by atoms with E-state index >= 15 is 0 Å². The minimum Gasteiger partial charge on any atom is -0.365 e. The molecule has 1 unspecified atom stereocenters. The Morgan fingerprint density at radius 1 is 1.18 bits per heavy atom. The number of amides is 2. The molecule has 0 aliphatic rings. The molecule has 178 valence electrons. The Balaban J connectivity index is 1.95. The highest BCUT2D eigenvalue weighted by Crippen LogP contribution is 2.44. The van der Waals surface area contributed by atoms with E-state index in [-0.39, 0.29) is 26.3 Å². The van der Waals surface area contributed by atoms with Gasteiger partial charge in [0.2, 0.25) is 5.91 Å². The number of carbonyl (C=O) groups is 2. The fourth-order valence-corrected chi connectivity index (χ4v) is 4.51. The summed E-state index contributed by atoms with van der Waals surface area (Å²) in [6.45, 7) is 5.12. The second kappa shape index (κ2) is 8.24. The molecule has 3 N–H and O–H groups in total. The number of aromatic nitrogens is 5. The highest BCUT2D eigenvalue weighted by Gasteiger charge is 2.35. The van der Waals surface area contributed by atoms with E-state index in [0.29, 0.717) is 22.6 Å². The molecule has 0 aliphatic heterocycles. The number of fused-ring (bicyclic) bond motifs is 1. The topological polar surface area (TPSA) is 121 Å². The van der Waals surface area contributed by atoms with Crippen LogP contribution in [-0.4, -0.2) is 36.4 Å². The van der Waals surface area contributed by atoms with Crippen molar-refractivity contribution >= 4 is 39.1 Å². The fraction of sp³-hybridized carbons (Fsp3) is 0.286. The third-order valence-electron chi connectivity index (χ3n) is 5.46. The van der Waals surface area contributed by atoms with E-state index in [9.17, 15) is 22.8 Å². The number of hydrogen-bond donors (Lipinski definition) is 2. The lowest BCUT2D eigenvalue weighted by Gasteiger charge is -2.15. The van der Waals surface area contributed by atoms with Crippen molar-refractivity contribution in [2.45, 2.75) is 33.0 Å². The average molecular weight is 491 g/mol. The molecular weight excluding hydrogens is 471 g/mol. The van der Waals surface area contributed by atoms with Crippen molar-refractivity contribution in [2.24, 2.45) is 12.8 Å². The standard InChI is InChI=1S/C21H20F3N7O2S/c1-9-6-27-31(8-9)11(3)19(33)29-16-15-12(13-7-26-30(4)10(13)2)5-14(21(22,23)24)28-20(15)34-17(16)18(25)32/h5-8,11H,1-4H3,(H2,25,32)(H,29,33). The van der Waals surface area contributed by atoms with Crippen molar-refractivity contribution in [1.82, 2.24) is 24.5 Å². The van der Waals surface area contributed by atoms with Crippen molar-refractivity contribution < 1.29 is 22.8 Å². The minimum absolute atomic E-state index is 0.00713. The van der Waals surface area contributed by atoms with Crippen LogP contribution in [0.1, 0.15) is 39.6 Å². The number of nitrogens with two attached hydrogens (primary N) is 1. The average Bonchev–Trinajstić information content (AvgIpc) is 3.44. The van der Waals surface area contributed by atoms with Gasteiger partial charge in [0.05, 0.1) is 18.1 Å². The Bertz CT molecular complexity index is 1430. The highest BCUT2D eigenvalue weighted by molar-refractivity contribution is 7.21. The molecular formula is C21H20F3N7O2S. The van der Waals surface area contributed by atoms with Crippen molar-refractivity contribution in [3.8, 4) is 11.1 Å². The number of aryl methyl sites for hydroxylation is 2. The molecule has 4 rings (SSSR count). The van der Waals surface area contributed by atoms with E-state index in [1.54, 1.807) is 33.3 Å². The van der Waals surface area contributed by atoms with Crippen LogP contribution in [-0.2, 0) is 18.0 Å². The summed E-state index contributed by atoms with van der Waals surface area (Å²) in [6.07, 6.45) is -0.0462. The van der Waals surface area contributed by atoms with Crippen LogP contribution in [0.2, 0.25) is 0 Å². The molecule has 34 heavy (non-hydrogen) atoms. The summed E-state index contributed by atoms with van der Waals surface area (Å²) in [7, 11) is 1.65. The Hall–Kier alpha value is -3.74. The number of carbonyl (C=O) groups excluding carboxylic acids is 2. The van der Waals surface area contributed by atoms with E-state index in [1.807, 2.05) is 6.92 Å². The molecule has 0 aromatic carbocycles. The smallest absolute Gasteiger partial charge is 0.365 e. The van der Waals surface area contributed by atoms with E-state index < -0.39 is 29.7 Å². The van der Waals surface area contributed by atoms with Crippen molar-refractivity contribution in [3.05, 3.63) is 46.5 Å². The van der Waals surface area contributed by atoms with E-state index in [0.717, 1.165) is 11.6 Å². The zero-order valence-electron chi connectivity index (χ0n) is 18.6. The Morgan fingerprint density at radius 2 is 1.88 bits per heavy atom. The predicted molar refractivity (Wildman–Crippen MR) is 120 cm³/mol. The number of halogens is 3. The predicted octanol–water partition coefficient (Wildman–Crippen LogP) is 3.83. The van der Waals surface area contributed by atoms with Gasteiger partial charge in [-0.3, -0.25) is 19.0 Å². The number of alkyl halides is 3. The molecule has 0 saturated heterocycles. The van der Waals surface area contributed by atoms with E-state index in [4.69, 9.17) is 5.73 Å². The summed E-state index contributed by atoms with van der Waals surface area (Å²) in [4.78, 5) is 28.8. The maximum Gasteiger partial charge on any atom is 0.433 e. The molecule has 4 heterocycles. The van der Waals surface area contributed by atoms with Gasteiger partial charge in [0.15, 0.2) is 0 Å². The molecule has 2 amide bonds. The number of nitrogens with zero attached hydrogens (tertiary/aromatic N) is 5. The molecule has 9 nitrogen and oxygen atoms in total. The maximum atomic E-state index is 13.6. The number of pyridine rings is 1. The van der Waals surface area contributed by atoms with E-state index in [1.165, 1.54) is 15.6 Å². The zero-order chi connectivity index (χ0) is 24.9. The first-order chi connectivity index (χ1) is 15.9. The molecule has 4 aromatic rings. The number of hydrogen-bond acceptors (Lipinski definition) is 6. The van der Waals surface area contributed by atoms with Crippen molar-refractivity contribution in [1.29, 1.82) is 0 Å². The minimum atomic E-state index is -4.73. The summed E-state index contributed by atoms with van der Waals surface area (Å²) in [5, 5.41) is 11.1. The number of primary amides is 1. The van der Waals surface area contributed by atoms with Gasteiger partial charge in [-0.1, -0.05) is 0 Å². The van der Waals surface area contributed by atoms with Crippen molar-refractivity contribution in [3.63, 3.8) is 0 Å². The Morgan fingerprint density at radius 3 is 2.41 bits per heavy atom. The summed E-state index contributed by atoms with van der Waals surface area (Å²) < 4.78 is 43.9. The van der Waals surface area contributed by atoms with Gasteiger partial charge in [-0.15, -0.1) is 11.3 Å². The molecule has 0 spiro atoms. The van der Waals surface area contributed by atoms with Gasteiger partial charge in [-0.25, -0.2) is 4.98 Å². The summed E-state index contributed by atoms with van der Waals surface area (Å²) in [5.41, 5.74) is 6.37. The summed E-state index contributed by atoms with van der Waals surface area (Å²) in [5.74, 6) is -1.43. The summed E-state index contributed by atoms with van der Waals surface area (Å²) in [6, 6.07) is 0.120. The van der Waals surface area contributed by atoms with Gasteiger partial charge in [-0.2, -0.15) is 23.4 Å². The van der Waals surface area contributed by atoms with Gasteiger partial charge in [-0.05, 0) is 38.0 Å². The molecule has 0 fully saturated rings. The van der Waals surface area contributed by atoms with Crippen LogP contribution in [0.25, 0.3) is 21.3 Å². The number of thiophene rings is 1. The Labute approximate surface area is 195 Å². The number of nitrogens with one attached hydrogen (secondary N) is 1. The lowest BCUT2D eigenvalue weighted by atomic mass is 10.0. The third kappa shape index (κ3) is 4.02. The summed E-state index contributed by atoms with van der Waals surface area (Å²) >= 11 is 0.687. The molecule has 4 aromatic heterocycles. The molecule has 0 radical (unpaired) electrons. The van der Waals surface area contributed by atoms with Gasteiger partial charge in [0.25, 0.3) is 5.91 Å². The first kappa shape index (κ1) is 23.4. The largest absolute Gasteiger partial charge is 0.433 e.